The van der Waals surface area contributed by atoms with Crippen LogP contribution in [0.4, 0.5) is 5.69 Å². The first-order valence-corrected chi connectivity index (χ1v) is 10.1. The second-order valence-electron chi connectivity index (χ2n) is 7.01. The van der Waals surface area contributed by atoms with Crippen molar-refractivity contribution in [2.45, 2.75) is 19.8 Å². The molecule has 0 saturated heterocycles. The maximum absolute atomic E-state index is 12.5. The lowest BCUT2D eigenvalue weighted by molar-refractivity contribution is -0.119. The zero-order chi connectivity index (χ0) is 23.1. The van der Waals surface area contributed by atoms with Crippen molar-refractivity contribution in [3.63, 3.8) is 0 Å². The van der Waals surface area contributed by atoms with Crippen molar-refractivity contribution in [1.82, 2.24) is 9.78 Å². The molecule has 1 aromatic heterocycles. The number of aromatic nitrogens is 2. The number of esters is 2. The van der Waals surface area contributed by atoms with Crippen LogP contribution in [0.25, 0.3) is 10.8 Å². The number of nitrogens with one attached hydrogen (secondary N) is 1. The molecule has 3 rings (SSSR count). The van der Waals surface area contributed by atoms with Gasteiger partial charge >= 0.3 is 11.9 Å². The Hall–Kier alpha value is -4.01. The normalized spacial score (nSPS) is 10.6. The van der Waals surface area contributed by atoms with Crippen LogP contribution in [-0.4, -0.2) is 40.8 Å². The van der Waals surface area contributed by atoms with Crippen LogP contribution in [0.5, 0.6) is 0 Å². The topological polar surface area (TPSA) is 117 Å². The lowest BCUT2D eigenvalue weighted by Crippen LogP contribution is -2.26. The van der Waals surface area contributed by atoms with Gasteiger partial charge in [-0.2, -0.15) is 5.10 Å². The van der Waals surface area contributed by atoms with Gasteiger partial charge in [-0.05, 0) is 36.8 Å². The van der Waals surface area contributed by atoms with E-state index in [0.717, 1.165) is 17.5 Å². The summed E-state index contributed by atoms with van der Waals surface area (Å²) in [5.41, 5.74) is 0.411. The second kappa shape index (κ2) is 10.3. The molecule has 0 radical (unpaired) electrons. The maximum atomic E-state index is 12.5. The number of amides is 1. The summed E-state index contributed by atoms with van der Waals surface area (Å²) in [6, 6.07) is 12.7. The number of anilines is 1. The highest BCUT2D eigenvalue weighted by Gasteiger charge is 2.18. The van der Waals surface area contributed by atoms with Crippen molar-refractivity contribution in [2.75, 3.05) is 18.5 Å². The number of nitrogens with zero attached hydrogens (tertiary/aromatic N) is 2. The van der Waals surface area contributed by atoms with E-state index in [1.165, 1.54) is 19.2 Å². The van der Waals surface area contributed by atoms with E-state index in [9.17, 15) is 19.2 Å². The molecule has 1 heterocycles. The number of hydrogen-bond acceptors (Lipinski definition) is 7. The van der Waals surface area contributed by atoms with Crippen molar-refractivity contribution >= 4 is 34.3 Å². The van der Waals surface area contributed by atoms with E-state index in [1.807, 2.05) is 6.92 Å². The van der Waals surface area contributed by atoms with Gasteiger partial charge < -0.3 is 14.8 Å². The first-order valence-electron chi connectivity index (χ1n) is 10.1. The van der Waals surface area contributed by atoms with E-state index in [-0.39, 0.29) is 11.3 Å². The number of hydrogen-bond donors (Lipinski definition) is 1. The van der Waals surface area contributed by atoms with Crippen LogP contribution in [0.2, 0.25) is 0 Å². The molecule has 1 amide bonds. The maximum Gasteiger partial charge on any atom is 0.359 e. The van der Waals surface area contributed by atoms with Gasteiger partial charge in [0, 0.05) is 18.1 Å². The third-order valence-electron chi connectivity index (χ3n) is 4.62. The lowest BCUT2D eigenvalue weighted by atomic mass is 10.1. The van der Waals surface area contributed by atoms with Gasteiger partial charge in [0.1, 0.15) is 0 Å². The van der Waals surface area contributed by atoms with Gasteiger partial charge in [0.05, 0.1) is 17.6 Å². The monoisotopic (exact) mass is 437 g/mol. The van der Waals surface area contributed by atoms with E-state index >= 15 is 0 Å². The fourth-order valence-corrected chi connectivity index (χ4v) is 2.93. The standard InChI is InChI=1S/C23H23N3O6/c1-3-4-13-31-22(29)15-9-11-16(12-10-15)24-19(27)14-32-23(30)20-17-7-5-6-8-18(17)21(28)26(2)25-20/h5-12H,3-4,13-14H2,1-2H3,(H,24,27). The van der Waals surface area contributed by atoms with Crippen LogP contribution < -0.4 is 10.9 Å². The molecule has 0 fully saturated rings. The summed E-state index contributed by atoms with van der Waals surface area (Å²) in [4.78, 5) is 48.7. The molecule has 0 aliphatic heterocycles. The first kappa shape index (κ1) is 22.7. The average Bonchev–Trinajstić information content (AvgIpc) is 2.80. The Kier molecular flexibility index (Phi) is 7.33. The minimum absolute atomic E-state index is 0.0542. The molecule has 0 unspecified atom stereocenters. The van der Waals surface area contributed by atoms with Gasteiger partial charge in [-0.25, -0.2) is 14.3 Å². The number of unbranched alkanes of at least 4 members (excludes halogenated alkanes) is 1. The number of ether oxygens (including phenoxy) is 2. The van der Waals surface area contributed by atoms with Crippen LogP contribution in [0.3, 0.4) is 0 Å². The van der Waals surface area contributed by atoms with Crippen molar-refractivity contribution in [3.05, 3.63) is 70.1 Å². The molecule has 0 spiro atoms. The van der Waals surface area contributed by atoms with E-state index in [2.05, 4.69) is 10.4 Å². The van der Waals surface area contributed by atoms with Gasteiger partial charge in [0.2, 0.25) is 0 Å². The highest BCUT2D eigenvalue weighted by Crippen LogP contribution is 2.14. The van der Waals surface area contributed by atoms with Gasteiger partial charge in [0.15, 0.2) is 12.3 Å². The summed E-state index contributed by atoms with van der Waals surface area (Å²) < 4.78 is 11.3. The SMILES string of the molecule is CCCCOC(=O)c1ccc(NC(=O)COC(=O)c2nn(C)c(=O)c3ccccc23)cc1. The summed E-state index contributed by atoms with van der Waals surface area (Å²) >= 11 is 0. The number of rotatable bonds is 8. The van der Waals surface area contributed by atoms with E-state index in [4.69, 9.17) is 9.47 Å². The highest BCUT2D eigenvalue weighted by molar-refractivity contribution is 6.03. The molecule has 0 aliphatic carbocycles. The predicted octanol–water partition coefficient (Wildman–Crippen LogP) is 2.69. The van der Waals surface area contributed by atoms with Gasteiger partial charge in [-0.15, -0.1) is 0 Å². The van der Waals surface area contributed by atoms with Crippen molar-refractivity contribution in [3.8, 4) is 0 Å². The molecule has 9 nitrogen and oxygen atoms in total. The van der Waals surface area contributed by atoms with Gasteiger partial charge in [0.25, 0.3) is 11.5 Å². The third kappa shape index (κ3) is 5.37. The first-order chi connectivity index (χ1) is 15.4. The summed E-state index contributed by atoms with van der Waals surface area (Å²) in [7, 11) is 1.43. The summed E-state index contributed by atoms with van der Waals surface area (Å²) in [5.74, 6) is -1.81. The highest BCUT2D eigenvalue weighted by atomic mass is 16.5. The Bertz CT molecular complexity index is 1200. The van der Waals surface area contributed by atoms with E-state index in [1.54, 1.807) is 36.4 Å². The minimum atomic E-state index is -0.822. The van der Waals surface area contributed by atoms with Gasteiger partial charge in [-0.1, -0.05) is 31.5 Å². The van der Waals surface area contributed by atoms with Crippen molar-refractivity contribution < 1.29 is 23.9 Å². The third-order valence-corrected chi connectivity index (χ3v) is 4.62. The van der Waals surface area contributed by atoms with Crippen LogP contribution in [0.15, 0.2) is 53.3 Å². The van der Waals surface area contributed by atoms with Crippen LogP contribution in [0.1, 0.15) is 40.6 Å². The Balaban J connectivity index is 1.59. The Morgan fingerprint density at radius 1 is 0.969 bits per heavy atom. The van der Waals surface area contributed by atoms with Crippen LogP contribution in [0, 0.1) is 0 Å². The molecule has 1 N–H and O–H groups in total. The fraction of sp³-hybridized carbons (Fsp3) is 0.261. The zero-order valence-electron chi connectivity index (χ0n) is 17.8. The number of carbonyl (C=O) groups is 3. The smallest absolute Gasteiger partial charge is 0.359 e. The molecule has 3 aromatic rings. The van der Waals surface area contributed by atoms with Crippen LogP contribution >= 0.6 is 0 Å². The fourth-order valence-electron chi connectivity index (χ4n) is 2.93. The second-order valence-corrected chi connectivity index (χ2v) is 7.01. The van der Waals surface area contributed by atoms with E-state index < -0.39 is 24.5 Å². The molecule has 0 aliphatic rings. The Morgan fingerprint density at radius 2 is 1.66 bits per heavy atom. The Morgan fingerprint density at radius 3 is 2.34 bits per heavy atom. The summed E-state index contributed by atoms with van der Waals surface area (Å²) in [6.45, 7) is 1.82. The van der Waals surface area contributed by atoms with E-state index in [0.29, 0.717) is 28.6 Å². The lowest BCUT2D eigenvalue weighted by Gasteiger charge is -2.09. The molecule has 32 heavy (non-hydrogen) atoms. The number of aryl methyl sites for hydroxylation is 1. The van der Waals surface area contributed by atoms with Crippen molar-refractivity contribution in [1.29, 1.82) is 0 Å². The molecule has 9 heteroatoms. The molecule has 0 bridgehead atoms. The minimum Gasteiger partial charge on any atom is -0.462 e. The molecule has 2 aromatic carbocycles. The largest absolute Gasteiger partial charge is 0.462 e. The quantitative estimate of drug-likeness (QED) is 0.425. The molecular formula is C23H23N3O6. The van der Waals surface area contributed by atoms with Crippen molar-refractivity contribution in [2.24, 2.45) is 7.05 Å². The number of benzene rings is 2. The molecule has 166 valence electrons. The predicted molar refractivity (Wildman–Crippen MR) is 118 cm³/mol. The Labute approximate surface area is 183 Å². The molecule has 0 atom stereocenters. The molecular weight excluding hydrogens is 414 g/mol. The summed E-state index contributed by atoms with van der Waals surface area (Å²) in [5, 5.41) is 7.23. The number of carbonyl (C=O) groups excluding carboxylic acids is 3. The summed E-state index contributed by atoms with van der Waals surface area (Å²) in [6.07, 6.45) is 1.72. The zero-order valence-corrected chi connectivity index (χ0v) is 17.8. The van der Waals surface area contributed by atoms with Gasteiger partial charge in [-0.3, -0.25) is 9.59 Å². The number of fused-ring (bicyclic) bond motifs is 1. The van der Waals surface area contributed by atoms with Crippen LogP contribution in [-0.2, 0) is 21.3 Å². The average molecular weight is 437 g/mol. The molecule has 0 saturated carbocycles.